The largest absolute Gasteiger partial charge is 0.433 e. The zero-order valence-electron chi connectivity index (χ0n) is 12.3. The van der Waals surface area contributed by atoms with Gasteiger partial charge in [-0.05, 0) is 36.5 Å². The molecule has 1 atom stereocenters. The van der Waals surface area contributed by atoms with Crippen molar-refractivity contribution in [3.8, 4) is 0 Å². The van der Waals surface area contributed by atoms with Crippen molar-refractivity contribution in [1.82, 2.24) is 5.32 Å². The van der Waals surface area contributed by atoms with Gasteiger partial charge < -0.3 is 14.8 Å². The van der Waals surface area contributed by atoms with E-state index < -0.39 is 22.3 Å². The average Bonchev–Trinajstić information content (AvgIpc) is 3.04. The number of hydrogen-bond acceptors (Lipinski definition) is 5. The number of nitro groups is 1. The number of amides is 1. The monoisotopic (exact) mass is 316 g/mol. The first-order valence-corrected chi connectivity index (χ1v) is 7.33. The SMILES string of the molecule is O=C(NCC1(O)CCCc2ccccc21)c1ccc([N+](=O)[O-])o1. The van der Waals surface area contributed by atoms with Crippen LogP contribution in [0.15, 0.2) is 40.8 Å². The van der Waals surface area contributed by atoms with Crippen LogP contribution in [-0.2, 0) is 12.0 Å². The lowest BCUT2D eigenvalue weighted by atomic mass is 9.79. The van der Waals surface area contributed by atoms with Crippen LogP contribution in [0.3, 0.4) is 0 Å². The van der Waals surface area contributed by atoms with E-state index in [4.69, 9.17) is 4.42 Å². The van der Waals surface area contributed by atoms with Crippen molar-refractivity contribution in [3.05, 3.63) is 63.4 Å². The molecule has 1 unspecified atom stereocenters. The highest BCUT2D eigenvalue weighted by Gasteiger charge is 2.34. The van der Waals surface area contributed by atoms with Crippen molar-refractivity contribution >= 4 is 11.8 Å². The Hall–Kier alpha value is -2.67. The number of carbonyl (C=O) groups excluding carboxylic acids is 1. The second-order valence-electron chi connectivity index (χ2n) is 5.62. The maximum Gasteiger partial charge on any atom is 0.433 e. The van der Waals surface area contributed by atoms with Crippen LogP contribution in [0.25, 0.3) is 0 Å². The minimum atomic E-state index is -1.14. The fourth-order valence-electron chi connectivity index (χ4n) is 2.94. The Morgan fingerprint density at radius 3 is 2.87 bits per heavy atom. The lowest BCUT2D eigenvalue weighted by Gasteiger charge is -2.34. The number of carbonyl (C=O) groups is 1. The Morgan fingerprint density at radius 1 is 1.35 bits per heavy atom. The van der Waals surface area contributed by atoms with E-state index in [0.717, 1.165) is 30.0 Å². The van der Waals surface area contributed by atoms with Crippen LogP contribution in [0.5, 0.6) is 0 Å². The Balaban J connectivity index is 1.72. The van der Waals surface area contributed by atoms with Gasteiger partial charge >= 0.3 is 5.88 Å². The first-order valence-electron chi connectivity index (χ1n) is 7.33. The predicted molar refractivity (Wildman–Crippen MR) is 81.0 cm³/mol. The summed E-state index contributed by atoms with van der Waals surface area (Å²) in [5.74, 6) is -1.23. The summed E-state index contributed by atoms with van der Waals surface area (Å²) in [6, 6.07) is 9.97. The molecule has 1 aromatic carbocycles. The van der Waals surface area contributed by atoms with Gasteiger partial charge in [0, 0.05) is 0 Å². The maximum absolute atomic E-state index is 12.0. The zero-order valence-corrected chi connectivity index (χ0v) is 12.3. The van der Waals surface area contributed by atoms with Gasteiger partial charge in [-0.2, -0.15) is 0 Å². The highest BCUT2D eigenvalue weighted by atomic mass is 16.6. The van der Waals surface area contributed by atoms with Crippen molar-refractivity contribution in [3.63, 3.8) is 0 Å². The third kappa shape index (κ3) is 2.95. The van der Waals surface area contributed by atoms with Crippen LogP contribution in [0.1, 0.15) is 34.5 Å². The number of rotatable bonds is 4. The summed E-state index contributed by atoms with van der Waals surface area (Å²) >= 11 is 0. The van der Waals surface area contributed by atoms with Crippen molar-refractivity contribution in [2.75, 3.05) is 6.54 Å². The number of aryl methyl sites for hydroxylation is 1. The molecule has 23 heavy (non-hydrogen) atoms. The van der Waals surface area contributed by atoms with E-state index in [-0.39, 0.29) is 12.3 Å². The van der Waals surface area contributed by atoms with Gasteiger partial charge in [0.15, 0.2) is 5.76 Å². The summed E-state index contributed by atoms with van der Waals surface area (Å²) in [6.45, 7) is 0.0251. The molecular formula is C16H16N2O5. The molecule has 0 fully saturated rings. The quantitative estimate of drug-likeness (QED) is 0.664. The number of aliphatic hydroxyl groups is 1. The molecule has 0 aliphatic heterocycles. The van der Waals surface area contributed by atoms with Crippen molar-refractivity contribution in [2.45, 2.75) is 24.9 Å². The molecule has 7 nitrogen and oxygen atoms in total. The Kier molecular flexibility index (Phi) is 3.87. The molecule has 0 saturated heterocycles. The molecule has 0 spiro atoms. The van der Waals surface area contributed by atoms with Crippen LogP contribution >= 0.6 is 0 Å². The van der Waals surface area contributed by atoms with Crippen molar-refractivity contribution in [2.24, 2.45) is 0 Å². The Bertz CT molecular complexity index is 754. The normalized spacial score (nSPS) is 19.9. The molecule has 2 N–H and O–H groups in total. The smallest absolute Gasteiger partial charge is 0.395 e. The van der Waals surface area contributed by atoms with Gasteiger partial charge in [0.25, 0.3) is 5.91 Å². The number of fused-ring (bicyclic) bond motifs is 1. The van der Waals surface area contributed by atoms with E-state index in [2.05, 4.69) is 5.32 Å². The second kappa shape index (κ2) is 5.85. The minimum Gasteiger partial charge on any atom is -0.395 e. The highest BCUT2D eigenvalue weighted by Crippen LogP contribution is 2.34. The van der Waals surface area contributed by atoms with E-state index in [1.165, 1.54) is 6.07 Å². The summed E-state index contributed by atoms with van der Waals surface area (Å²) in [7, 11) is 0. The number of hydrogen-bond donors (Lipinski definition) is 2. The third-order valence-electron chi connectivity index (χ3n) is 4.09. The fourth-order valence-corrected chi connectivity index (χ4v) is 2.94. The van der Waals surface area contributed by atoms with E-state index in [1.807, 2.05) is 24.3 Å². The van der Waals surface area contributed by atoms with Gasteiger partial charge in [-0.1, -0.05) is 24.3 Å². The van der Waals surface area contributed by atoms with Crippen molar-refractivity contribution < 1.29 is 19.2 Å². The van der Waals surface area contributed by atoms with Crippen LogP contribution in [-0.4, -0.2) is 22.5 Å². The number of benzene rings is 1. The molecule has 7 heteroatoms. The Labute approximate surface area is 132 Å². The van der Waals surface area contributed by atoms with Gasteiger partial charge in [-0.3, -0.25) is 14.9 Å². The van der Waals surface area contributed by atoms with Gasteiger partial charge in [0.1, 0.15) is 10.5 Å². The number of nitrogens with zero attached hydrogens (tertiary/aromatic N) is 1. The molecule has 120 valence electrons. The van der Waals surface area contributed by atoms with Gasteiger partial charge in [-0.25, -0.2) is 0 Å². The summed E-state index contributed by atoms with van der Waals surface area (Å²) in [6.07, 6.45) is 2.27. The fraction of sp³-hybridized carbons (Fsp3) is 0.312. The van der Waals surface area contributed by atoms with E-state index in [9.17, 15) is 20.0 Å². The second-order valence-corrected chi connectivity index (χ2v) is 5.62. The predicted octanol–water partition coefficient (Wildman–Crippen LogP) is 2.14. The van der Waals surface area contributed by atoms with Crippen LogP contribution in [0.2, 0.25) is 0 Å². The first kappa shape index (κ1) is 15.2. The lowest BCUT2D eigenvalue weighted by molar-refractivity contribution is -0.402. The van der Waals surface area contributed by atoms with Crippen LogP contribution in [0, 0.1) is 10.1 Å². The summed E-state index contributed by atoms with van der Waals surface area (Å²) < 4.78 is 4.86. The standard InChI is InChI=1S/C16H16N2O5/c19-15(13-7-8-14(23-13)18(21)22)17-10-16(20)9-3-5-11-4-1-2-6-12(11)16/h1-2,4,6-8,20H,3,5,9-10H2,(H,17,19). The lowest BCUT2D eigenvalue weighted by Crippen LogP contribution is -2.42. The molecule has 1 aliphatic carbocycles. The molecule has 0 saturated carbocycles. The summed E-state index contributed by atoms with van der Waals surface area (Å²) in [5.41, 5.74) is 0.754. The molecule has 1 aliphatic rings. The molecule has 0 bridgehead atoms. The molecule has 2 aromatic rings. The zero-order chi connectivity index (χ0) is 16.4. The summed E-state index contributed by atoms with van der Waals surface area (Å²) in [4.78, 5) is 21.9. The third-order valence-corrected chi connectivity index (χ3v) is 4.09. The molecule has 1 aromatic heterocycles. The molecule has 3 rings (SSSR count). The van der Waals surface area contributed by atoms with Gasteiger partial charge in [0.2, 0.25) is 0 Å². The Morgan fingerprint density at radius 2 is 2.13 bits per heavy atom. The summed E-state index contributed by atoms with van der Waals surface area (Å²) in [5, 5.41) is 24.0. The van der Waals surface area contributed by atoms with Crippen LogP contribution in [0.4, 0.5) is 5.88 Å². The highest BCUT2D eigenvalue weighted by molar-refractivity contribution is 5.91. The first-order chi connectivity index (χ1) is 11.0. The minimum absolute atomic E-state index is 0.0251. The van der Waals surface area contributed by atoms with Crippen LogP contribution < -0.4 is 5.32 Å². The molecule has 0 radical (unpaired) electrons. The van der Waals surface area contributed by atoms with E-state index in [0.29, 0.717) is 6.42 Å². The number of nitrogens with one attached hydrogen (secondary N) is 1. The molecule has 1 amide bonds. The van der Waals surface area contributed by atoms with Crippen molar-refractivity contribution in [1.29, 1.82) is 0 Å². The topological polar surface area (TPSA) is 106 Å². The molecular weight excluding hydrogens is 300 g/mol. The number of furan rings is 1. The average molecular weight is 316 g/mol. The van der Waals surface area contributed by atoms with Gasteiger partial charge in [-0.15, -0.1) is 0 Å². The van der Waals surface area contributed by atoms with E-state index >= 15 is 0 Å². The maximum atomic E-state index is 12.0. The van der Waals surface area contributed by atoms with Gasteiger partial charge in [0.05, 0.1) is 12.6 Å². The van der Waals surface area contributed by atoms with E-state index in [1.54, 1.807) is 0 Å². The molecule has 1 heterocycles.